The van der Waals surface area contributed by atoms with Crippen molar-refractivity contribution >= 4 is 24.0 Å². The second-order valence-electron chi connectivity index (χ2n) is 5.73. The summed E-state index contributed by atoms with van der Waals surface area (Å²) >= 11 is 0. The SMILES string of the molecule is CCc1cccc(CC)c1NC(=O)CN1CCNC[C@H]1C.Cl. The lowest BCUT2D eigenvalue weighted by atomic mass is 10.0. The first-order valence-corrected chi connectivity index (χ1v) is 8.01. The largest absolute Gasteiger partial charge is 0.324 e. The van der Waals surface area contributed by atoms with Crippen molar-refractivity contribution in [2.75, 3.05) is 31.5 Å². The molecule has 1 fully saturated rings. The number of hydrogen-bond donors (Lipinski definition) is 2. The summed E-state index contributed by atoms with van der Waals surface area (Å²) in [4.78, 5) is 14.6. The first-order valence-electron chi connectivity index (χ1n) is 8.01. The number of hydrogen-bond acceptors (Lipinski definition) is 3. The monoisotopic (exact) mass is 325 g/mol. The summed E-state index contributed by atoms with van der Waals surface area (Å²) in [6.45, 7) is 9.75. The third-order valence-corrected chi connectivity index (χ3v) is 4.25. The van der Waals surface area contributed by atoms with Gasteiger partial charge in [-0.15, -0.1) is 12.4 Å². The molecule has 0 aromatic heterocycles. The summed E-state index contributed by atoms with van der Waals surface area (Å²) in [5.41, 5.74) is 3.46. The van der Waals surface area contributed by atoms with Crippen molar-refractivity contribution in [2.24, 2.45) is 0 Å². The molecule has 1 heterocycles. The molecule has 0 bridgehead atoms. The quantitative estimate of drug-likeness (QED) is 0.874. The van der Waals surface area contributed by atoms with E-state index in [0.29, 0.717) is 12.6 Å². The van der Waals surface area contributed by atoms with Gasteiger partial charge in [0.1, 0.15) is 0 Å². The summed E-state index contributed by atoms with van der Waals surface area (Å²) in [6.07, 6.45) is 1.88. The van der Waals surface area contributed by atoms with Gasteiger partial charge >= 0.3 is 0 Å². The number of carbonyl (C=O) groups excluding carboxylic acids is 1. The van der Waals surface area contributed by atoms with Crippen LogP contribution in [0.15, 0.2) is 18.2 Å². The number of amides is 1. The minimum absolute atomic E-state index is 0. The number of halogens is 1. The molecular weight excluding hydrogens is 298 g/mol. The van der Waals surface area contributed by atoms with E-state index in [0.717, 1.165) is 38.2 Å². The van der Waals surface area contributed by atoms with Crippen LogP contribution in [0.2, 0.25) is 0 Å². The molecule has 1 amide bonds. The molecule has 2 rings (SSSR count). The Morgan fingerprint density at radius 2 is 1.95 bits per heavy atom. The molecule has 4 nitrogen and oxygen atoms in total. The van der Waals surface area contributed by atoms with Gasteiger partial charge < -0.3 is 10.6 Å². The summed E-state index contributed by atoms with van der Waals surface area (Å²) in [5.74, 6) is 0.0966. The summed E-state index contributed by atoms with van der Waals surface area (Å²) in [5, 5.41) is 6.50. The molecule has 0 unspecified atom stereocenters. The number of para-hydroxylation sites is 1. The number of anilines is 1. The number of benzene rings is 1. The molecule has 1 atom stereocenters. The fourth-order valence-corrected chi connectivity index (χ4v) is 2.88. The highest BCUT2D eigenvalue weighted by Crippen LogP contribution is 2.22. The lowest BCUT2D eigenvalue weighted by Gasteiger charge is -2.33. The van der Waals surface area contributed by atoms with E-state index in [1.54, 1.807) is 0 Å². The fourth-order valence-electron chi connectivity index (χ4n) is 2.88. The van der Waals surface area contributed by atoms with E-state index in [1.165, 1.54) is 11.1 Å². The Balaban J connectivity index is 0.00000242. The molecule has 124 valence electrons. The number of nitrogens with zero attached hydrogens (tertiary/aromatic N) is 1. The van der Waals surface area contributed by atoms with Crippen molar-refractivity contribution < 1.29 is 4.79 Å². The van der Waals surface area contributed by atoms with Crippen molar-refractivity contribution in [3.63, 3.8) is 0 Å². The highest BCUT2D eigenvalue weighted by Gasteiger charge is 2.20. The van der Waals surface area contributed by atoms with Crippen LogP contribution in [0.4, 0.5) is 5.69 Å². The third kappa shape index (κ3) is 4.70. The highest BCUT2D eigenvalue weighted by atomic mass is 35.5. The number of rotatable bonds is 5. The van der Waals surface area contributed by atoms with Crippen LogP contribution >= 0.6 is 12.4 Å². The maximum atomic E-state index is 12.4. The third-order valence-electron chi connectivity index (χ3n) is 4.25. The molecule has 0 radical (unpaired) electrons. The molecule has 5 heteroatoms. The molecule has 0 saturated carbocycles. The maximum Gasteiger partial charge on any atom is 0.238 e. The molecule has 22 heavy (non-hydrogen) atoms. The summed E-state index contributed by atoms with van der Waals surface area (Å²) in [7, 11) is 0. The summed E-state index contributed by atoms with van der Waals surface area (Å²) in [6, 6.07) is 6.69. The van der Waals surface area contributed by atoms with Crippen molar-refractivity contribution in [3.8, 4) is 0 Å². The average Bonchev–Trinajstić information content (AvgIpc) is 2.49. The zero-order valence-electron chi connectivity index (χ0n) is 13.8. The Hall–Kier alpha value is -1.10. The van der Waals surface area contributed by atoms with Gasteiger partial charge in [0.2, 0.25) is 5.91 Å². The molecule has 1 saturated heterocycles. The fraction of sp³-hybridized carbons (Fsp3) is 0.588. The van der Waals surface area contributed by atoms with Crippen LogP contribution in [-0.4, -0.2) is 43.0 Å². The van der Waals surface area contributed by atoms with Crippen LogP contribution < -0.4 is 10.6 Å². The van der Waals surface area contributed by atoms with Crippen LogP contribution in [0.5, 0.6) is 0 Å². The van der Waals surface area contributed by atoms with E-state index in [-0.39, 0.29) is 18.3 Å². The first kappa shape index (κ1) is 18.9. The molecule has 1 aliphatic rings. The normalized spacial score (nSPS) is 18.6. The standard InChI is InChI=1S/C17H27N3O.ClH/c1-4-14-7-6-8-15(5-2)17(14)19-16(21)12-20-10-9-18-11-13(20)3;/h6-8,13,18H,4-5,9-12H2,1-3H3,(H,19,21);1H/t13-;/m1./s1. The molecule has 0 aliphatic carbocycles. The van der Waals surface area contributed by atoms with Crippen molar-refractivity contribution in [3.05, 3.63) is 29.3 Å². The highest BCUT2D eigenvalue weighted by molar-refractivity contribution is 5.93. The van der Waals surface area contributed by atoms with Gasteiger partial charge in [-0.2, -0.15) is 0 Å². The van der Waals surface area contributed by atoms with Gasteiger partial charge in [0.15, 0.2) is 0 Å². The lowest BCUT2D eigenvalue weighted by molar-refractivity contribution is -0.118. The minimum Gasteiger partial charge on any atom is -0.324 e. The Kier molecular flexibility index (Phi) is 7.87. The average molecular weight is 326 g/mol. The van der Waals surface area contributed by atoms with E-state index in [4.69, 9.17) is 0 Å². The van der Waals surface area contributed by atoms with Crippen LogP contribution in [0.25, 0.3) is 0 Å². The minimum atomic E-state index is 0. The predicted molar refractivity (Wildman–Crippen MR) is 95.0 cm³/mol. The Morgan fingerprint density at radius 3 is 2.50 bits per heavy atom. The van der Waals surface area contributed by atoms with E-state index in [1.807, 2.05) is 0 Å². The van der Waals surface area contributed by atoms with Gasteiger partial charge in [-0.25, -0.2) is 0 Å². The van der Waals surface area contributed by atoms with E-state index < -0.39 is 0 Å². The Bertz CT molecular complexity index is 471. The van der Waals surface area contributed by atoms with Crippen molar-refractivity contribution in [1.82, 2.24) is 10.2 Å². The molecule has 2 N–H and O–H groups in total. The number of nitrogens with one attached hydrogen (secondary N) is 2. The number of carbonyl (C=O) groups is 1. The second kappa shape index (κ2) is 9.13. The Labute approximate surface area is 140 Å². The maximum absolute atomic E-state index is 12.4. The second-order valence-corrected chi connectivity index (χ2v) is 5.73. The van der Waals surface area contributed by atoms with E-state index >= 15 is 0 Å². The van der Waals surface area contributed by atoms with Gasteiger partial charge in [-0.1, -0.05) is 32.0 Å². The van der Waals surface area contributed by atoms with Crippen LogP contribution in [0.3, 0.4) is 0 Å². The van der Waals surface area contributed by atoms with Crippen LogP contribution in [0.1, 0.15) is 31.9 Å². The van der Waals surface area contributed by atoms with Gasteiger partial charge in [0.05, 0.1) is 6.54 Å². The predicted octanol–water partition coefficient (Wildman–Crippen LogP) is 2.47. The van der Waals surface area contributed by atoms with E-state index in [2.05, 4.69) is 54.5 Å². The van der Waals surface area contributed by atoms with Gasteiger partial charge in [0, 0.05) is 31.4 Å². The zero-order valence-corrected chi connectivity index (χ0v) is 14.6. The topological polar surface area (TPSA) is 44.4 Å². The van der Waals surface area contributed by atoms with Crippen molar-refractivity contribution in [1.29, 1.82) is 0 Å². The Morgan fingerprint density at radius 1 is 1.32 bits per heavy atom. The van der Waals surface area contributed by atoms with Crippen molar-refractivity contribution in [2.45, 2.75) is 39.7 Å². The molecular formula is C17H28ClN3O. The van der Waals surface area contributed by atoms with Gasteiger partial charge in [-0.3, -0.25) is 9.69 Å². The van der Waals surface area contributed by atoms with Crippen LogP contribution in [0, 0.1) is 0 Å². The number of aryl methyl sites for hydroxylation is 2. The molecule has 1 aromatic carbocycles. The molecule has 1 aromatic rings. The van der Waals surface area contributed by atoms with Gasteiger partial charge in [-0.05, 0) is 30.9 Å². The zero-order chi connectivity index (χ0) is 15.2. The lowest BCUT2D eigenvalue weighted by Crippen LogP contribution is -2.52. The smallest absolute Gasteiger partial charge is 0.238 e. The molecule has 1 aliphatic heterocycles. The number of piperazine rings is 1. The molecule has 0 spiro atoms. The van der Waals surface area contributed by atoms with Gasteiger partial charge in [0.25, 0.3) is 0 Å². The summed E-state index contributed by atoms with van der Waals surface area (Å²) < 4.78 is 0. The van der Waals surface area contributed by atoms with E-state index in [9.17, 15) is 4.79 Å². The van der Waals surface area contributed by atoms with Crippen LogP contribution in [-0.2, 0) is 17.6 Å². The first-order chi connectivity index (χ1) is 10.2.